The molecule has 2 aromatic carbocycles. The van der Waals surface area contributed by atoms with E-state index in [0.29, 0.717) is 41.1 Å². The van der Waals surface area contributed by atoms with Gasteiger partial charge in [0, 0.05) is 10.6 Å². The van der Waals surface area contributed by atoms with E-state index < -0.39 is 0 Å². The quantitative estimate of drug-likeness (QED) is 0.336. The second-order valence-corrected chi connectivity index (χ2v) is 8.13. The molecular formula is C24H24ClNO4S. The fraction of sp³-hybridized carbons (Fsp3) is 0.250. The molecule has 0 unspecified atom stereocenters. The molecule has 3 rings (SSSR count). The van der Waals surface area contributed by atoms with Gasteiger partial charge in [-0.3, -0.25) is 14.5 Å². The van der Waals surface area contributed by atoms with Gasteiger partial charge in [0.15, 0.2) is 11.5 Å². The number of ether oxygens (including phenoxy) is 2. The van der Waals surface area contributed by atoms with E-state index in [9.17, 15) is 9.59 Å². The van der Waals surface area contributed by atoms with Crippen molar-refractivity contribution in [1.82, 2.24) is 4.90 Å². The Morgan fingerprint density at radius 2 is 1.84 bits per heavy atom. The van der Waals surface area contributed by atoms with Crippen molar-refractivity contribution in [3.63, 3.8) is 0 Å². The van der Waals surface area contributed by atoms with Crippen LogP contribution in [0, 0.1) is 0 Å². The molecule has 0 aliphatic carbocycles. The summed E-state index contributed by atoms with van der Waals surface area (Å²) in [7, 11) is 0. The van der Waals surface area contributed by atoms with Gasteiger partial charge < -0.3 is 9.47 Å². The van der Waals surface area contributed by atoms with Crippen molar-refractivity contribution >= 4 is 40.6 Å². The van der Waals surface area contributed by atoms with Crippen molar-refractivity contribution in [2.24, 2.45) is 0 Å². The minimum Gasteiger partial charge on any atom is -0.490 e. The normalized spacial score (nSPS) is 14.9. The molecule has 2 amide bonds. The van der Waals surface area contributed by atoms with E-state index in [1.54, 1.807) is 24.3 Å². The number of carbonyl (C=O) groups is 2. The molecule has 5 nitrogen and oxygen atoms in total. The number of hydrogen-bond donors (Lipinski definition) is 0. The number of rotatable bonds is 9. The van der Waals surface area contributed by atoms with Gasteiger partial charge in [-0.1, -0.05) is 35.9 Å². The smallest absolute Gasteiger partial charge is 0.293 e. The van der Waals surface area contributed by atoms with E-state index in [2.05, 4.69) is 6.58 Å². The number of carbonyl (C=O) groups excluding carboxylic acids is 2. The lowest BCUT2D eigenvalue weighted by Crippen LogP contribution is -2.27. The molecule has 162 valence electrons. The maximum atomic E-state index is 12.9. The number of allylic oxidation sites excluding steroid dienone is 1. The van der Waals surface area contributed by atoms with E-state index >= 15 is 0 Å². The molecule has 0 saturated carbocycles. The predicted octanol–water partition coefficient (Wildman–Crippen LogP) is 6.10. The molecule has 31 heavy (non-hydrogen) atoms. The Labute approximate surface area is 191 Å². The third kappa shape index (κ3) is 5.32. The molecular weight excluding hydrogens is 434 g/mol. The lowest BCUT2D eigenvalue weighted by atomic mass is 10.0. The fourth-order valence-electron chi connectivity index (χ4n) is 3.23. The Morgan fingerprint density at radius 3 is 2.52 bits per heavy atom. The zero-order valence-corrected chi connectivity index (χ0v) is 19.1. The zero-order chi connectivity index (χ0) is 22.4. The second-order valence-electron chi connectivity index (χ2n) is 6.73. The van der Waals surface area contributed by atoms with Gasteiger partial charge in [-0.2, -0.15) is 0 Å². The maximum absolute atomic E-state index is 12.9. The Morgan fingerprint density at radius 1 is 1.10 bits per heavy atom. The lowest BCUT2D eigenvalue weighted by molar-refractivity contribution is -0.123. The van der Waals surface area contributed by atoms with Gasteiger partial charge >= 0.3 is 0 Å². The third-order valence-electron chi connectivity index (χ3n) is 4.56. The van der Waals surface area contributed by atoms with Gasteiger partial charge in [0.1, 0.15) is 0 Å². The van der Waals surface area contributed by atoms with Crippen molar-refractivity contribution in [3.8, 4) is 11.5 Å². The highest BCUT2D eigenvalue weighted by Gasteiger charge is 2.35. The molecule has 0 spiro atoms. The summed E-state index contributed by atoms with van der Waals surface area (Å²) in [4.78, 5) is 27.0. The molecule has 2 aromatic rings. The minimum atomic E-state index is -0.341. The molecule has 1 heterocycles. The van der Waals surface area contributed by atoms with Gasteiger partial charge in [0.25, 0.3) is 11.1 Å². The lowest BCUT2D eigenvalue weighted by Gasteiger charge is -2.16. The predicted molar refractivity (Wildman–Crippen MR) is 126 cm³/mol. The molecule has 1 aliphatic rings. The van der Waals surface area contributed by atoms with Crippen molar-refractivity contribution in [1.29, 1.82) is 0 Å². The topological polar surface area (TPSA) is 55.8 Å². The average Bonchev–Trinajstić information content (AvgIpc) is 3.00. The number of imide groups is 1. The van der Waals surface area contributed by atoms with E-state index in [1.165, 1.54) is 4.90 Å². The summed E-state index contributed by atoms with van der Waals surface area (Å²) in [5, 5.41) is 0.200. The molecule has 0 bridgehead atoms. The summed E-state index contributed by atoms with van der Waals surface area (Å²) >= 11 is 7.11. The first-order chi connectivity index (χ1) is 15.0. The van der Waals surface area contributed by atoms with Crippen molar-refractivity contribution in [2.45, 2.75) is 26.8 Å². The van der Waals surface area contributed by atoms with Gasteiger partial charge in [-0.15, -0.1) is 6.58 Å². The van der Waals surface area contributed by atoms with Crippen molar-refractivity contribution in [3.05, 3.63) is 75.7 Å². The molecule has 0 radical (unpaired) electrons. The largest absolute Gasteiger partial charge is 0.490 e. The number of benzene rings is 2. The number of amides is 2. The van der Waals surface area contributed by atoms with Crippen LogP contribution in [0.15, 0.2) is 54.0 Å². The Kier molecular flexibility index (Phi) is 7.82. The molecule has 0 atom stereocenters. The second kappa shape index (κ2) is 10.6. The highest BCUT2D eigenvalue weighted by molar-refractivity contribution is 8.18. The van der Waals surface area contributed by atoms with Crippen LogP contribution in [0.2, 0.25) is 5.02 Å². The minimum absolute atomic E-state index is 0.136. The summed E-state index contributed by atoms with van der Waals surface area (Å²) < 4.78 is 11.6. The zero-order valence-electron chi connectivity index (χ0n) is 17.5. The highest BCUT2D eigenvalue weighted by Crippen LogP contribution is 2.38. The summed E-state index contributed by atoms with van der Waals surface area (Å²) in [5.74, 6) is 0.936. The van der Waals surface area contributed by atoms with Gasteiger partial charge in [-0.05, 0) is 67.4 Å². The van der Waals surface area contributed by atoms with E-state index in [1.807, 2.05) is 38.1 Å². The first-order valence-electron chi connectivity index (χ1n) is 10.0. The molecule has 7 heteroatoms. The molecule has 1 aliphatic heterocycles. The Balaban J connectivity index is 1.93. The first kappa shape index (κ1) is 23.0. The standard InChI is InChI=1S/C24H24ClNO4S/c1-4-9-17-12-16(13-20(29-5-2)22(17)30-6-3)14-21-23(27)26(24(28)31-21)15-18-10-7-8-11-19(18)25/h4,7-8,10-14H,1,5-6,9,15H2,2-3H3/b21-14-. The van der Waals surface area contributed by atoms with Gasteiger partial charge in [0.05, 0.1) is 24.7 Å². The summed E-state index contributed by atoms with van der Waals surface area (Å²) in [6.45, 7) is 8.74. The van der Waals surface area contributed by atoms with Crippen LogP contribution in [0.4, 0.5) is 4.79 Å². The maximum Gasteiger partial charge on any atom is 0.293 e. The summed E-state index contributed by atoms with van der Waals surface area (Å²) in [6, 6.07) is 10.9. The molecule has 1 fully saturated rings. The molecule has 1 saturated heterocycles. The summed E-state index contributed by atoms with van der Waals surface area (Å²) in [5.41, 5.74) is 2.39. The SMILES string of the molecule is C=CCc1cc(/C=C2\SC(=O)N(Cc3ccccc3Cl)C2=O)cc(OCC)c1OCC. The van der Waals surface area contributed by atoms with Gasteiger partial charge in [0.2, 0.25) is 0 Å². The van der Waals surface area contributed by atoms with Crippen molar-refractivity contribution in [2.75, 3.05) is 13.2 Å². The Bertz CT molecular complexity index is 1030. The highest BCUT2D eigenvalue weighted by atomic mass is 35.5. The average molecular weight is 458 g/mol. The van der Waals surface area contributed by atoms with Crippen LogP contribution < -0.4 is 9.47 Å². The third-order valence-corrected chi connectivity index (χ3v) is 5.84. The van der Waals surface area contributed by atoms with Crippen molar-refractivity contribution < 1.29 is 19.1 Å². The van der Waals surface area contributed by atoms with Crippen LogP contribution in [0.3, 0.4) is 0 Å². The van der Waals surface area contributed by atoms with E-state index in [-0.39, 0.29) is 17.7 Å². The van der Waals surface area contributed by atoms with E-state index in [4.69, 9.17) is 21.1 Å². The Hall–Kier alpha value is -2.70. The van der Waals surface area contributed by atoms with Crippen LogP contribution in [0.25, 0.3) is 6.08 Å². The van der Waals surface area contributed by atoms with Crippen LogP contribution >= 0.6 is 23.4 Å². The van der Waals surface area contributed by atoms with Crippen LogP contribution in [-0.4, -0.2) is 29.3 Å². The van der Waals surface area contributed by atoms with Crippen LogP contribution in [0.1, 0.15) is 30.5 Å². The number of nitrogens with zero attached hydrogens (tertiary/aromatic N) is 1. The molecule has 0 aromatic heterocycles. The van der Waals surface area contributed by atoms with Gasteiger partial charge in [-0.25, -0.2) is 0 Å². The summed E-state index contributed by atoms with van der Waals surface area (Å²) in [6.07, 6.45) is 4.09. The fourth-order valence-corrected chi connectivity index (χ4v) is 4.26. The number of thioether (sulfide) groups is 1. The van der Waals surface area contributed by atoms with Crippen LogP contribution in [0.5, 0.6) is 11.5 Å². The first-order valence-corrected chi connectivity index (χ1v) is 11.2. The monoisotopic (exact) mass is 457 g/mol. The number of halogens is 1. The number of hydrogen-bond acceptors (Lipinski definition) is 5. The van der Waals surface area contributed by atoms with E-state index in [0.717, 1.165) is 28.5 Å². The van der Waals surface area contributed by atoms with Crippen LogP contribution in [-0.2, 0) is 17.8 Å². The molecule has 0 N–H and O–H groups in total.